The van der Waals surface area contributed by atoms with Gasteiger partial charge in [-0.25, -0.2) is 0 Å². The lowest BCUT2D eigenvalue weighted by atomic mass is 9.75. The highest BCUT2D eigenvalue weighted by Crippen LogP contribution is 2.35. The molecule has 0 radical (unpaired) electrons. The van der Waals surface area contributed by atoms with E-state index in [4.69, 9.17) is 5.73 Å². The van der Waals surface area contributed by atoms with Crippen LogP contribution in [0.15, 0.2) is 18.3 Å². The van der Waals surface area contributed by atoms with Gasteiger partial charge >= 0.3 is 0 Å². The van der Waals surface area contributed by atoms with E-state index in [1.54, 1.807) is 0 Å². The van der Waals surface area contributed by atoms with Gasteiger partial charge in [-0.05, 0) is 43.2 Å². The van der Waals surface area contributed by atoms with Crippen LogP contribution in [0, 0.1) is 11.3 Å². The van der Waals surface area contributed by atoms with Crippen molar-refractivity contribution in [3.8, 4) is 0 Å². The molecule has 19 heavy (non-hydrogen) atoms. The summed E-state index contributed by atoms with van der Waals surface area (Å²) in [6.45, 7) is 11.3. The maximum absolute atomic E-state index is 5.83. The molecule has 0 aromatic carbocycles. The van der Waals surface area contributed by atoms with Crippen LogP contribution in [0.5, 0.6) is 0 Å². The van der Waals surface area contributed by atoms with Crippen molar-refractivity contribution < 1.29 is 0 Å². The number of nitrogens with two attached hydrogens (primary N) is 1. The molecule has 106 valence electrons. The van der Waals surface area contributed by atoms with Crippen molar-refractivity contribution in [2.75, 3.05) is 18.0 Å². The molecule has 1 saturated heterocycles. The number of pyridine rings is 1. The smallest absolute Gasteiger partial charge is 0.0569 e. The van der Waals surface area contributed by atoms with E-state index in [0.29, 0.717) is 5.41 Å². The van der Waals surface area contributed by atoms with Gasteiger partial charge in [-0.15, -0.1) is 0 Å². The monoisotopic (exact) mass is 261 g/mol. The first-order valence-corrected chi connectivity index (χ1v) is 7.34. The summed E-state index contributed by atoms with van der Waals surface area (Å²) >= 11 is 0. The van der Waals surface area contributed by atoms with Crippen LogP contribution in [0.1, 0.15) is 52.3 Å². The largest absolute Gasteiger partial charge is 0.370 e. The minimum Gasteiger partial charge on any atom is -0.370 e. The van der Waals surface area contributed by atoms with Crippen molar-refractivity contribution in [1.29, 1.82) is 0 Å². The number of nitrogens with zero attached hydrogens (tertiary/aromatic N) is 2. The molecule has 1 aromatic rings. The first-order chi connectivity index (χ1) is 8.88. The Morgan fingerprint density at radius 2 is 1.89 bits per heavy atom. The summed E-state index contributed by atoms with van der Waals surface area (Å²) in [6.07, 6.45) is 4.52. The molecular weight excluding hydrogens is 234 g/mol. The molecule has 2 N–H and O–H groups in total. The average molecular weight is 261 g/mol. The summed E-state index contributed by atoms with van der Waals surface area (Å²) < 4.78 is 0. The molecule has 0 aliphatic carbocycles. The predicted octanol–water partition coefficient (Wildman–Crippen LogP) is 3.36. The molecule has 2 heterocycles. The zero-order valence-corrected chi connectivity index (χ0v) is 12.7. The molecule has 1 atom stereocenters. The van der Waals surface area contributed by atoms with Crippen LogP contribution in [0.4, 0.5) is 5.69 Å². The summed E-state index contributed by atoms with van der Waals surface area (Å²) in [6, 6.07) is 4.22. The maximum atomic E-state index is 5.83. The van der Waals surface area contributed by atoms with Crippen LogP contribution >= 0.6 is 0 Å². The Morgan fingerprint density at radius 1 is 1.26 bits per heavy atom. The summed E-state index contributed by atoms with van der Waals surface area (Å²) in [5, 5.41) is 0. The first kappa shape index (κ1) is 14.3. The number of aromatic nitrogens is 1. The predicted molar refractivity (Wildman–Crippen MR) is 81.2 cm³/mol. The van der Waals surface area contributed by atoms with Crippen LogP contribution in [-0.4, -0.2) is 18.1 Å². The van der Waals surface area contributed by atoms with Crippen LogP contribution in [0.2, 0.25) is 0 Å². The summed E-state index contributed by atoms with van der Waals surface area (Å²) in [7, 11) is 0. The second-order valence-electron chi connectivity index (χ2n) is 6.86. The van der Waals surface area contributed by atoms with Crippen LogP contribution in [-0.2, 0) is 0 Å². The zero-order chi connectivity index (χ0) is 14.0. The third kappa shape index (κ3) is 3.47. The Hall–Kier alpha value is -1.09. The molecule has 2 rings (SSSR count). The molecule has 0 bridgehead atoms. The Labute approximate surface area is 117 Å². The topological polar surface area (TPSA) is 42.1 Å². The van der Waals surface area contributed by atoms with E-state index < -0.39 is 0 Å². The lowest BCUT2D eigenvalue weighted by Gasteiger charge is -2.39. The molecule has 1 fully saturated rings. The molecular formula is C16H27N3. The highest BCUT2D eigenvalue weighted by molar-refractivity contribution is 5.45. The first-order valence-electron chi connectivity index (χ1n) is 7.34. The third-order valence-electron chi connectivity index (χ3n) is 4.32. The van der Waals surface area contributed by atoms with Crippen molar-refractivity contribution in [3.05, 3.63) is 24.0 Å². The van der Waals surface area contributed by atoms with Gasteiger partial charge in [0.1, 0.15) is 0 Å². The highest BCUT2D eigenvalue weighted by atomic mass is 15.1. The molecule has 1 aromatic heterocycles. The highest BCUT2D eigenvalue weighted by Gasteiger charge is 2.28. The van der Waals surface area contributed by atoms with E-state index in [1.807, 2.05) is 13.1 Å². The van der Waals surface area contributed by atoms with Crippen LogP contribution in [0.25, 0.3) is 0 Å². The van der Waals surface area contributed by atoms with Gasteiger partial charge in [0.2, 0.25) is 0 Å². The summed E-state index contributed by atoms with van der Waals surface area (Å²) in [5.41, 5.74) is 8.47. The zero-order valence-electron chi connectivity index (χ0n) is 12.7. The normalized spacial score (nSPS) is 19.5. The molecule has 0 unspecified atom stereocenters. The molecule has 3 heteroatoms. The number of anilines is 1. The SMILES string of the molecule is C[C@H](N)c1ccc(N2CCC(C(C)(C)C)CC2)cn1. The second kappa shape index (κ2) is 5.49. The Bertz CT molecular complexity index is 395. The third-order valence-corrected chi connectivity index (χ3v) is 4.32. The fourth-order valence-corrected chi connectivity index (χ4v) is 2.86. The van der Waals surface area contributed by atoms with Crippen molar-refractivity contribution >= 4 is 5.69 Å². The van der Waals surface area contributed by atoms with Gasteiger partial charge in [-0.1, -0.05) is 20.8 Å². The quantitative estimate of drug-likeness (QED) is 0.887. The Kier molecular flexibility index (Phi) is 4.14. The summed E-state index contributed by atoms with van der Waals surface area (Å²) in [4.78, 5) is 6.90. The average Bonchev–Trinajstić information content (AvgIpc) is 2.38. The van der Waals surface area contributed by atoms with E-state index >= 15 is 0 Å². The van der Waals surface area contributed by atoms with Crippen LogP contribution < -0.4 is 10.6 Å². The lowest BCUT2D eigenvalue weighted by molar-refractivity contribution is 0.199. The molecule has 1 aliphatic rings. The molecule has 3 nitrogen and oxygen atoms in total. The number of rotatable bonds is 2. The Morgan fingerprint density at radius 3 is 2.32 bits per heavy atom. The van der Waals surface area contributed by atoms with E-state index in [2.05, 4.69) is 42.8 Å². The van der Waals surface area contributed by atoms with Gasteiger partial charge < -0.3 is 10.6 Å². The van der Waals surface area contributed by atoms with Crippen molar-refractivity contribution in [1.82, 2.24) is 4.98 Å². The number of piperidine rings is 1. The van der Waals surface area contributed by atoms with E-state index in [9.17, 15) is 0 Å². The number of hydrogen-bond donors (Lipinski definition) is 1. The lowest BCUT2D eigenvalue weighted by Crippen LogP contribution is -2.38. The van der Waals surface area contributed by atoms with Crippen molar-refractivity contribution in [2.24, 2.45) is 17.1 Å². The van der Waals surface area contributed by atoms with Crippen LogP contribution in [0.3, 0.4) is 0 Å². The molecule has 0 amide bonds. The minimum atomic E-state index is 0.0145. The fraction of sp³-hybridized carbons (Fsp3) is 0.688. The van der Waals surface area contributed by atoms with E-state index in [0.717, 1.165) is 24.7 Å². The van der Waals surface area contributed by atoms with Gasteiger partial charge in [0.05, 0.1) is 17.6 Å². The number of hydrogen-bond acceptors (Lipinski definition) is 3. The van der Waals surface area contributed by atoms with Crippen molar-refractivity contribution in [2.45, 2.75) is 46.6 Å². The van der Waals surface area contributed by atoms with Gasteiger partial charge in [0, 0.05) is 19.1 Å². The van der Waals surface area contributed by atoms with Gasteiger partial charge in [-0.2, -0.15) is 0 Å². The fourth-order valence-electron chi connectivity index (χ4n) is 2.86. The van der Waals surface area contributed by atoms with Gasteiger partial charge in [0.15, 0.2) is 0 Å². The molecule has 1 aliphatic heterocycles. The van der Waals surface area contributed by atoms with E-state index in [1.165, 1.54) is 18.5 Å². The standard InChI is InChI=1S/C16H27N3/c1-12(17)15-6-5-14(11-18-15)19-9-7-13(8-10-19)16(2,3)4/h5-6,11-13H,7-10,17H2,1-4H3/t12-/m0/s1. The maximum Gasteiger partial charge on any atom is 0.0569 e. The molecule has 0 saturated carbocycles. The van der Waals surface area contributed by atoms with E-state index in [-0.39, 0.29) is 6.04 Å². The summed E-state index contributed by atoms with van der Waals surface area (Å²) in [5.74, 6) is 0.833. The van der Waals surface area contributed by atoms with Gasteiger partial charge in [0.25, 0.3) is 0 Å². The van der Waals surface area contributed by atoms with Gasteiger partial charge in [-0.3, -0.25) is 4.98 Å². The minimum absolute atomic E-state index is 0.0145. The Balaban J connectivity index is 1.98. The second-order valence-corrected chi connectivity index (χ2v) is 6.86. The van der Waals surface area contributed by atoms with Crippen molar-refractivity contribution in [3.63, 3.8) is 0 Å². The molecule has 0 spiro atoms.